The van der Waals surface area contributed by atoms with E-state index in [0.29, 0.717) is 0 Å². The summed E-state index contributed by atoms with van der Waals surface area (Å²) in [5.41, 5.74) is 6.45. The maximum absolute atomic E-state index is 2.51. The van der Waals surface area contributed by atoms with Gasteiger partial charge in [0.05, 0.1) is 0 Å². The molecule has 0 aromatic heterocycles. The average Bonchev–Trinajstić information content (AvgIpc) is 2.49. The quantitative estimate of drug-likeness (QED) is 0.637. The normalized spacial score (nSPS) is 20.8. The van der Waals surface area contributed by atoms with Crippen LogP contribution >= 0.6 is 0 Å². The van der Waals surface area contributed by atoms with Crippen molar-refractivity contribution in [2.75, 3.05) is 0 Å². The van der Waals surface area contributed by atoms with Crippen molar-refractivity contribution in [1.29, 1.82) is 0 Å². The van der Waals surface area contributed by atoms with E-state index >= 15 is 0 Å². The molecule has 1 aromatic carbocycles. The Hall–Kier alpha value is -1.30. The fraction of sp³-hybridized carbons (Fsp3) is 0.444. The molecule has 1 aromatic rings. The first-order chi connectivity index (χ1) is 8.95. The molecule has 0 spiro atoms. The molecule has 0 nitrogen and oxygen atoms in total. The Morgan fingerprint density at radius 3 is 2.11 bits per heavy atom. The van der Waals surface area contributed by atoms with E-state index < -0.39 is 0 Å². The molecule has 0 radical (unpaired) electrons. The summed E-state index contributed by atoms with van der Waals surface area (Å²) in [6.07, 6.45) is 13.2. The Balaban J connectivity index is 2.00. The lowest BCUT2D eigenvalue weighted by atomic mass is 9.81. The van der Waals surface area contributed by atoms with Crippen LogP contribution < -0.4 is 0 Å². The van der Waals surface area contributed by atoms with Crippen LogP contribution in [0.5, 0.6) is 0 Å². The van der Waals surface area contributed by atoms with E-state index in [-0.39, 0.29) is 0 Å². The summed E-state index contributed by atoms with van der Waals surface area (Å²) in [6, 6.07) is 11.0. The summed E-state index contributed by atoms with van der Waals surface area (Å²) in [5, 5.41) is 0. The summed E-state index contributed by atoms with van der Waals surface area (Å²) in [5.74, 6) is 0. The smallest absolute Gasteiger partial charge is 0.0222 e. The number of benzene rings is 1. The van der Waals surface area contributed by atoms with Crippen molar-refractivity contribution in [2.45, 2.75) is 51.4 Å². The molecule has 2 aliphatic rings. The molecule has 2 aliphatic carbocycles. The monoisotopic (exact) mass is 238 g/mol. The summed E-state index contributed by atoms with van der Waals surface area (Å²) in [7, 11) is 0. The minimum Gasteiger partial charge on any atom is -0.0810 e. The first kappa shape index (κ1) is 11.8. The highest BCUT2D eigenvalue weighted by atomic mass is 14.2. The summed E-state index contributed by atoms with van der Waals surface area (Å²) in [4.78, 5) is 0. The highest BCUT2D eigenvalue weighted by Crippen LogP contribution is 2.38. The van der Waals surface area contributed by atoms with Crippen LogP contribution in [0.25, 0.3) is 5.57 Å². The molecule has 0 aliphatic heterocycles. The summed E-state index contributed by atoms with van der Waals surface area (Å²) < 4.78 is 0. The predicted molar refractivity (Wildman–Crippen MR) is 78.4 cm³/mol. The average molecular weight is 238 g/mol. The molecule has 0 heterocycles. The zero-order valence-corrected chi connectivity index (χ0v) is 11.1. The van der Waals surface area contributed by atoms with E-state index in [0.717, 1.165) is 0 Å². The van der Waals surface area contributed by atoms with Crippen LogP contribution in [0.4, 0.5) is 0 Å². The Bertz CT molecular complexity index is 462. The molecule has 0 atom stereocenters. The molecule has 0 unspecified atom stereocenters. The van der Waals surface area contributed by atoms with Crippen molar-refractivity contribution in [1.82, 2.24) is 0 Å². The first-order valence-electron chi connectivity index (χ1n) is 7.42. The van der Waals surface area contributed by atoms with Crippen LogP contribution in [0.15, 0.2) is 47.6 Å². The third-order valence-corrected chi connectivity index (χ3v) is 4.27. The summed E-state index contributed by atoms with van der Waals surface area (Å²) >= 11 is 0. The van der Waals surface area contributed by atoms with Crippen molar-refractivity contribution in [3.63, 3.8) is 0 Å². The highest BCUT2D eigenvalue weighted by molar-refractivity contribution is 5.73. The van der Waals surface area contributed by atoms with Crippen molar-refractivity contribution < 1.29 is 0 Å². The molecule has 94 valence electrons. The van der Waals surface area contributed by atoms with E-state index in [9.17, 15) is 0 Å². The van der Waals surface area contributed by atoms with Gasteiger partial charge in [0.2, 0.25) is 0 Å². The Labute approximate surface area is 110 Å². The third-order valence-electron chi connectivity index (χ3n) is 4.27. The second kappa shape index (κ2) is 5.56. The molecule has 0 bridgehead atoms. The van der Waals surface area contributed by atoms with E-state index in [4.69, 9.17) is 0 Å². The van der Waals surface area contributed by atoms with Gasteiger partial charge in [0, 0.05) is 0 Å². The second-order valence-corrected chi connectivity index (χ2v) is 5.51. The van der Waals surface area contributed by atoms with Crippen LogP contribution in [0, 0.1) is 0 Å². The van der Waals surface area contributed by atoms with Crippen molar-refractivity contribution in [2.24, 2.45) is 0 Å². The number of rotatable bonds is 2. The van der Waals surface area contributed by atoms with E-state index in [1.807, 2.05) is 0 Å². The Kier molecular flexibility index (Phi) is 3.64. The van der Waals surface area contributed by atoms with Crippen molar-refractivity contribution in [3.8, 4) is 0 Å². The van der Waals surface area contributed by atoms with Gasteiger partial charge in [-0.05, 0) is 73.6 Å². The maximum Gasteiger partial charge on any atom is -0.0222 e. The van der Waals surface area contributed by atoms with E-state index in [1.54, 1.807) is 16.7 Å². The lowest BCUT2D eigenvalue weighted by Gasteiger charge is -2.25. The molecular formula is C18H22. The fourth-order valence-corrected chi connectivity index (χ4v) is 3.33. The van der Waals surface area contributed by atoms with Crippen molar-refractivity contribution >= 4 is 5.57 Å². The highest BCUT2D eigenvalue weighted by Gasteiger charge is 2.18. The lowest BCUT2D eigenvalue weighted by Crippen LogP contribution is -2.04. The Morgan fingerprint density at radius 2 is 1.39 bits per heavy atom. The molecule has 0 fully saturated rings. The zero-order valence-electron chi connectivity index (χ0n) is 11.1. The topological polar surface area (TPSA) is 0 Å². The fourth-order valence-electron chi connectivity index (χ4n) is 3.33. The van der Waals surface area contributed by atoms with Crippen LogP contribution in [0.2, 0.25) is 0 Å². The van der Waals surface area contributed by atoms with Gasteiger partial charge in [0.1, 0.15) is 0 Å². The third kappa shape index (κ3) is 2.43. The summed E-state index contributed by atoms with van der Waals surface area (Å²) in [6.45, 7) is 0. The van der Waals surface area contributed by atoms with Gasteiger partial charge in [-0.1, -0.05) is 36.4 Å². The van der Waals surface area contributed by atoms with Gasteiger partial charge >= 0.3 is 0 Å². The molecule has 18 heavy (non-hydrogen) atoms. The molecule has 3 rings (SSSR count). The first-order valence-corrected chi connectivity index (χ1v) is 7.42. The molecule has 0 saturated heterocycles. The van der Waals surface area contributed by atoms with Gasteiger partial charge in [0.25, 0.3) is 0 Å². The van der Waals surface area contributed by atoms with Crippen molar-refractivity contribution in [3.05, 3.63) is 53.1 Å². The van der Waals surface area contributed by atoms with Gasteiger partial charge in [-0.25, -0.2) is 0 Å². The molecule has 0 saturated carbocycles. The number of allylic oxidation sites excluding steroid dienone is 4. The second-order valence-electron chi connectivity index (χ2n) is 5.51. The van der Waals surface area contributed by atoms with Crippen LogP contribution in [-0.2, 0) is 0 Å². The van der Waals surface area contributed by atoms with E-state index in [1.165, 1.54) is 56.9 Å². The lowest BCUT2D eigenvalue weighted by molar-refractivity contribution is 0.671. The largest absolute Gasteiger partial charge is 0.0810 e. The zero-order chi connectivity index (χ0) is 12.2. The van der Waals surface area contributed by atoms with Gasteiger partial charge in [0.15, 0.2) is 0 Å². The van der Waals surface area contributed by atoms with Gasteiger partial charge in [-0.15, -0.1) is 0 Å². The molecule has 0 amide bonds. The van der Waals surface area contributed by atoms with E-state index in [2.05, 4.69) is 36.4 Å². The van der Waals surface area contributed by atoms with Crippen LogP contribution in [-0.4, -0.2) is 0 Å². The SMILES string of the molecule is C1=C(C2=C(c3ccccc3)CCCC2)CCCC1. The van der Waals surface area contributed by atoms with Gasteiger partial charge in [-0.3, -0.25) is 0 Å². The predicted octanol–water partition coefficient (Wildman–Crippen LogP) is 5.51. The minimum atomic E-state index is 1.27. The number of hydrogen-bond acceptors (Lipinski definition) is 0. The van der Waals surface area contributed by atoms with Gasteiger partial charge < -0.3 is 0 Å². The molecule has 0 heteroatoms. The van der Waals surface area contributed by atoms with Crippen LogP contribution in [0.1, 0.15) is 56.9 Å². The molecular weight excluding hydrogens is 216 g/mol. The molecule has 0 N–H and O–H groups in total. The Morgan fingerprint density at radius 1 is 0.667 bits per heavy atom. The minimum absolute atomic E-state index is 1.27. The standard InChI is InChI=1S/C18H22/c1-3-9-15(10-4-1)17-13-7-8-14-18(17)16-11-5-2-6-12-16/h1,3-4,9-11H,2,5-8,12-14H2. The number of hydrogen-bond donors (Lipinski definition) is 0. The maximum atomic E-state index is 2.51. The van der Waals surface area contributed by atoms with Crippen LogP contribution in [0.3, 0.4) is 0 Å². The van der Waals surface area contributed by atoms with Gasteiger partial charge in [-0.2, -0.15) is 0 Å².